The van der Waals surface area contributed by atoms with Gasteiger partial charge in [0.05, 0.1) is 23.4 Å². The summed E-state index contributed by atoms with van der Waals surface area (Å²) >= 11 is 0.955. The molecule has 2 amide bonds. The van der Waals surface area contributed by atoms with Crippen molar-refractivity contribution in [2.45, 2.75) is 69.5 Å². The van der Waals surface area contributed by atoms with E-state index in [1.165, 1.54) is 26.2 Å². The Bertz CT molecular complexity index is 1960. The Morgan fingerprint density at radius 2 is 2.08 bits per heavy atom. The van der Waals surface area contributed by atoms with E-state index in [9.17, 15) is 37.6 Å². The number of amides is 2. The smallest absolute Gasteiger partial charge is 0.354 e. The number of β-lactam (4-membered cyclic amide) rings is 1. The molecule has 21 heteroatoms. The zero-order valence-corrected chi connectivity index (χ0v) is 28.9. The second-order valence-corrected chi connectivity index (χ2v) is 14.3. The van der Waals surface area contributed by atoms with Crippen LogP contribution in [0.3, 0.4) is 0 Å². The van der Waals surface area contributed by atoms with Gasteiger partial charge in [0.25, 0.3) is 17.4 Å². The number of hydrogen-bond donors (Lipinski definition) is 5. The van der Waals surface area contributed by atoms with Crippen LogP contribution in [0.4, 0.5) is 5.13 Å². The molecule has 1 fully saturated rings. The highest BCUT2D eigenvalue weighted by Gasteiger charge is 2.57. The maximum Gasteiger partial charge on any atom is 0.354 e. The van der Waals surface area contributed by atoms with Crippen molar-refractivity contribution in [3.63, 3.8) is 0 Å². The largest absolute Gasteiger partial charge is 0.724 e. The standard InChI is InChI=1S/C29H36N8O11S2/c1-28(2)23(25(40)37(28)48-50(43,44)45)33-24(39)22(19-14-49-27(31)32-19)34-47-29(3,26(41)42)21-8-6-16-9-15(5-7-20(16)46-21)17-11-35(4)36(12-17)13-18(38)10-30/h5,7,9,11-12,14,18,21,23,38H,6,8,10,13,30H2,1-4H3,(H4-,31,32,33,39,41,42,43,44,45)/b34-22-/t18-,21-,23-,29+/m1/s1. The molecule has 4 atom stereocenters. The van der Waals surface area contributed by atoms with Crippen molar-refractivity contribution < 1.29 is 56.1 Å². The van der Waals surface area contributed by atoms with Gasteiger partial charge in [-0.25, -0.2) is 18.2 Å². The molecule has 19 nitrogen and oxygen atoms in total. The minimum absolute atomic E-state index is 0.0480. The normalized spacial score (nSPS) is 20.6. The number of thiazole rings is 1. The van der Waals surface area contributed by atoms with Crippen LogP contribution in [-0.4, -0.2) is 97.3 Å². The summed E-state index contributed by atoms with van der Waals surface area (Å²) in [5.74, 6) is -3.10. The highest BCUT2D eigenvalue weighted by molar-refractivity contribution is 7.80. The Labute approximate surface area is 289 Å². The number of benzene rings is 1. The van der Waals surface area contributed by atoms with Gasteiger partial charge >= 0.3 is 5.97 Å². The van der Waals surface area contributed by atoms with E-state index in [1.54, 1.807) is 6.07 Å². The molecule has 0 bridgehead atoms. The van der Waals surface area contributed by atoms with Gasteiger partial charge in [-0.15, -0.1) is 16.0 Å². The van der Waals surface area contributed by atoms with Gasteiger partial charge in [-0.1, -0.05) is 11.2 Å². The third-order valence-electron chi connectivity index (χ3n) is 8.49. The molecule has 2 aliphatic heterocycles. The molecular formula is C29H36N8O11S2. The fourth-order valence-corrected chi connectivity index (χ4v) is 6.53. The minimum atomic E-state index is -5.28. The average molecular weight is 737 g/mol. The summed E-state index contributed by atoms with van der Waals surface area (Å²) in [5.41, 5.74) is 9.64. The predicted octanol–water partition coefficient (Wildman–Crippen LogP) is -1.21. The van der Waals surface area contributed by atoms with Crippen LogP contribution in [0.15, 0.2) is 41.1 Å². The van der Waals surface area contributed by atoms with Gasteiger partial charge in [-0.05, 0) is 56.9 Å². The molecule has 0 saturated carbocycles. The van der Waals surface area contributed by atoms with Crippen LogP contribution in [0.2, 0.25) is 0 Å². The number of nitrogens with zero attached hydrogens (tertiary/aromatic N) is 5. The van der Waals surface area contributed by atoms with Crippen LogP contribution in [0.5, 0.6) is 5.75 Å². The van der Waals surface area contributed by atoms with E-state index in [0.29, 0.717) is 23.8 Å². The molecule has 1 saturated heterocycles. The van der Waals surface area contributed by atoms with Crippen LogP contribution in [-0.2, 0) is 53.9 Å². The summed E-state index contributed by atoms with van der Waals surface area (Å²) in [6, 6.07) is 4.09. The number of fused-ring (bicyclic) bond motifs is 1. The van der Waals surface area contributed by atoms with Crippen LogP contribution in [0.1, 0.15) is 38.4 Å². The molecule has 270 valence electrons. The first kappa shape index (κ1) is 36.6. The number of aromatic nitrogens is 3. The molecule has 3 aromatic rings. The van der Waals surface area contributed by atoms with Gasteiger partial charge in [-0.2, -0.15) is 14.0 Å². The number of nitrogen functional groups attached to an aromatic ring is 1. The number of carboxylic acids is 1. The fourth-order valence-electron chi connectivity index (χ4n) is 5.53. The minimum Gasteiger partial charge on any atom is -0.724 e. The number of carboxylic acid groups (broad SMARTS) is 1. The van der Waals surface area contributed by atoms with E-state index in [-0.39, 0.29) is 23.8 Å². The number of oxime groups is 1. The molecule has 0 spiro atoms. The second kappa shape index (κ2) is 13.6. The second-order valence-electron chi connectivity index (χ2n) is 12.5. The number of hydrogen-bond acceptors (Lipinski definition) is 15. The van der Waals surface area contributed by atoms with Crippen molar-refractivity contribution in [2.24, 2.45) is 17.9 Å². The van der Waals surface area contributed by atoms with Gasteiger partial charge in [-0.3, -0.25) is 9.59 Å². The van der Waals surface area contributed by atoms with Gasteiger partial charge in [0.1, 0.15) is 24.0 Å². The highest BCUT2D eigenvalue weighted by atomic mass is 32.3. The first-order valence-corrected chi connectivity index (χ1v) is 17.3. The van der Waals surface area contributed by atoms with Gasteiger partial charge < -0.3 is 41.1 Å². The number of carbonyl (C=O) groups excluding carboxylic acids is 2. The lowest BCUT2D eigenvalue weighted by atomic mass is 9.84. The first-order valence-electron chi connectivity index (χ1n) is 15.1. The maximum atomic E-state index is 13.5. The SMILES string of the molecule is C[n+]1cc(-c2ccc3c(c2)CC[C@H]([C@](C)(O/N=C(\C(=O)N[C@@H]2C(=O)N(OS(=O)(=O)[O-])C2(C)C)c2csc(N)n2)C(=O)O)O3)cn1C[C@H](O)CN. The summed E-state index contributed by atoms with van der Waals surface area (Å²) in [5, 5.41) is 28.3. The lowest BCUT2D eigenvalue weighted by Gasteiger charge is -2.51. The van der Waals surface area contributed by atoms with E-state index >= 15 is 0 Å². The Kier molecular flexibility index (Phi) is 9.93. The Morgan fingerprint density at radius 3 is 2.68 bits per heavy atom. The van der Waals surface area contributed by atoms with E-state index in [4.69, 9.17) is 21.0 Å². The third kappa shape index (κ3) is 7.27. The molecule has 0 unspecified atom stereocenters. The molecule has 4 heterocycles. The van der Waals surface area contributed by atoms with E-state index < -0.39 is 63.3 Å². The van der Waals surface area contributed by atoms with Crippen molar-refractivity contribution in [1.29, 1.82) is 0 Å². The number of hydroxylamine groups is 2. The molecule has 2 aromatic heterocycles. The Morgan fingerprint density at radius 1 is 1.36 bits per heavy atom. The van der Waals surface area contributed by atoms with Crippen molar-refractivity contribution in [3.8, 4) is 16.9 Å². The molecule has 5 rings (SSSR count). The zero-order chi connectivity index (χ0) is 36.8. The number of aliphatic carboxylic acids is 1. The number of aliphatic hydroxyl groups excluding tert-OH is 1. The molecular weight excluding hydrogens is 700 g/mol. The van der Waals surface area contributed by atoms with Crippen molar-refractivity contribution in [3.05, 3.63) is 47.2 Å². The van der Waals surface area contributed by atoms with Crippen LogP contribution in [0, 0.1) is 0 Å². The van der Waals surface area contributed by atoms with Crippen molar-refractivity contribution in [2.75, 3.05) is 12.3 Å². The number of carbonyl (C=O) groups is 3. The van der Waals surface area contributed by atoms with Crippen molar-refractivity contribution in [1.82, 2.24) is 20.0 Å². The Balaban J connectivity index is 1.36. The molecule has 7 N–H and O–H groups in total. The summed E-state index contributed by atoms with van der Waals surface area (Å²) in [7, 11) is -3.44. The fraction of sp³-hybridized carbons (Fsp3) is 0.448. The molecule has 50 heavy (non-hydrogen) atoms. The number of ether oxygens (including phenoxy) is 1. The molecule has 2 aliphatic rings. The summed E-state index contributed by atoms with van der Waals surface area (Å²) < 4.78 is 47.2. The summed E-state index contributed by atoms with van der Waals surface area (Å²) in [6.07, 6.45) is 2.61. The number of nitrogens with two attached hydrogens (primary N) is 2. The molecule has 0 radical (unpaired) electrons. The zero-order valence-electron chi connectivity index (χ0n) is 27.3. The number of nitrogens with one attached hydrogen (secondary N) is 1. The summed E-state index contributed by atoms with van der Waals surface area (Å²) in [6.45, 7) is 4.36. The number of aliphatic hydroxyl groups is 1. The Hall–Kier alpha value is -4.67. The lowest BCUT2D eigenvalue weighted by molar-refractivity contribution is -0.754. The monoisotopic (exact) mass is 736 g/mol. The first-order chi connectivity index (χ1) is 23.3. The lowest BCUT2D eigenvalue weighted by Crippen LogP contribution is -2.76. The average Bonchev–Trinajstić information content (AvgIpc) is 3.65. The van der Waals surface area contributed by atoms with Gasteiger partial charge in [0, 0.05) is 11.9 Å². The van der Waals surface area contributed by atoms with Gasteiger partial charge in [0.2, 0.25) is 16.6 Å². The number of rotatable bonds is 13. The quantitative estimate of drug-likeness (QED) is 0.0344. The number of aryl methyl sites for hydroxylation is 2. The third-order valence-corrected chi connectivity index (χ3v) is 9.50. The summed E-state index contributed by atoms with van der Waals surface area (Å²) in [4.78, 5) is 48.3. The van der Waals surface area contributed by atoms with Crippen LogP contribution < -0.4 is 26.2 Å². The van der Waals surface area contributed by atoms with E-state index in [0.717, 1.165) is 28.0 Å². The predicted molar refractivity (Wildman–Crippen MR) is 173 cm³/mol. The van der Waals surface area contributed by atoms with E-state index in [1.807, 2.05) is 40.9 Å². The van der Waals surface area contributed by atoms with Crippen LogP contribution in [0.25, 0.3) is 11.1 Å². The molecule has 0 aliphatic carbocycles. The van der Waals surface area contributed by atoms with Gasteiger partial charge in [0.15, 0.2) is 24.0 Å². The van der Waals surface area contributed by atoms with Crippen LogP contribution >= 0.6 is 11.3 Å². The number of anilines is 1. The maximum absolute atomic E-state index is 13.5. The van der Waals surface area contributed by atoms with E-state index in [2.05, 4.69) is 19.7 Å². The topological polar surface area (TPSA) is 278 Å². The van der Waals surface area contributed by atoms with Crippen molar-refractivity contribution >= 4 is 50.4 Å². The highest BCUT2D eigenvalue weighted by Crippen LogP contribution is 2.37. The molecule has 1 aromatic carbocycles.